The van der Waals surface area contributed by atoms with Gasteiger partial charge in [0.05, 0.1) is 5.56 Å². The van der Waals surface area contributed by atoms with Gasteiger partial charge in [-0.25, -0.2) is 9.97 Å². The first-order valence-electron chi connectivity index (χ1n) is 10.6. The van der Waals surface area contributed by atoms with Gasteiger partial charge in [0.25, 0.3) is 0 Å². The van der Waals surface area contributed by atoms with Crippen LogP contribution in [-0.2, 0) is 4.79 Å². The minimum Gasteiger partial charge on any atom is -0.457 e. The summed E-state index contributed by atoms with van der Waals surface area (Å²) in [6.45, 7) is 5.81. The molecule has 3 N–H and O–H groups in total. The van der Waals surface area contributed by atoms with Crippen LogP contribution in [-0.4, -0.2) is 45.4 Å². The fraction of sp³-hybridized carbons (Fsp3) is 0.250. The maximum absolute atomic E-state index is 11.8. The molecule has 0 atom stereocenters. The van der Waals surface area contributed by atoms with Crippen LogP contribution in [0, 0.1) is 5.92 Å². The number of nitrogen functional groups attached to an aromatic ring is 1. The SMILES string of the molecule is C=CC(=O)N1CCC(CNc2ncnc(N)c2-c2ccc(Oc3ccncc3)cc2)CC1. The van der Waals surface area contributed by atoms with Crippen molar-refractivity contribution < 1.29 is 9.53 Å². The van der Waals surface area contributed by atoms with Gasteiger partial charge in [0, 0.05) is 32.0 Å². The number of anilines is 2. The van der Waals surface area contributed by atoms with E-state index in [0.717, 1.165) is 49.4 Å². The third-order valence-corrected chi connectivity index (χ3v) is 5.56. The molecule has 1 aromatic carbocycles. The maximum atomic E-state index is 11.8. The monoisotopic (exact) mass is 430 g/mol. The molecule has 4 rings (SSSR count). The maximum Gasteiger partial charge on any atom is 0.245 e. The molecule has 1 aliphatic heterocycles. The van der Waals surface area contributed by atoms with Crippen LogP contribution in [0.3, 0.4) is 0 Å². The number of carbonyl (C=O) groups is 1. The van der Waals surface area contributed by atoms with Crippen molar-refractivity contribution in [2.45, 2.75) is 12.8 Å². The molecule has 0 unspecified atom stereocenters. The first-order chi connectivity index (χ1) is 15.6. The Morgan fingerprint density at radius 3 is 2.50 bits per heavy atom. The molecule has 1 fully saturated rings. The molecule has 8 nitrogen and oxygen atoms in total. The van der Waals surface area contributed by atoms with Gasteiger partial charge in [0.2, 0.25) is 5.91 Å². The van der Waals surface area contributed by atoms with Gasteiger partial charge >= 0.3 is 0 Å². The van der Waals surface area contributed by atoms with E-state index < -0.39 is 0 Å². The molecule has 1 amide bonds. The van der Waals surface area contributed by atoms with E-state index >= 15 is 0 Å². The quantitative estimate of drug-likeness (QED) is 0.550. The number of piperidine rings is 1. The first-order valence-corrected chi connectivity index (χ1v) is 10.6. The minimum atomic E-state index is -0.00127. The summed E-state index contributed by atoms with van der Waals surface area (Å²) in [7, 11) is 0. The standard InChI is InChI=1S/C24H26N6O2/c1-2-21(31)30-13-9-17(10-14-30)15-27-24-22(23(25)28-16-29-24)18-3-5-19(6-4-18)32-20-7-11-26-12-8-20/h2-8,11-12,16-17H,1,9-10,13-15H2,(H3,25,27,28,29). The molecule has 0 bridgehead atoms. The Kier molecular flexibility index (Phi) is 6.60. The number of hydrogen-bond donors (Lipinski definition) is 2. The van der Waals surface area contributed by atoms with Crippen LogP contribution < -0.4 is 15.8 Å². The number of nitrogens with zero attached hydrogens (tertiary/aromatic N) is 4. The van der Waals surface area contributed by atoms with E-state index in [1.807, 2.05) is 29.2 Å². The molecule has 32 heavy (non-hydrogen) atoms. The summed E-state index contributed by atoms with van der Waals surface area (Å²) >= 11 is 0. The number of pyridine rings is 1. The second kappa shape index (κ2) is 9.91. The largest absolute Gasteiger partial charge is 0.457 e. The van der Waals surface area contributed by atoms with Gasteiger partial charge in [0.15, 0.2) is 0 Å². The molecule has 0 saturated carbocycles. The first kappa shape index (κ1) is 21.3. The number of hydrogen-bond acceptors (Lipinski definition) is 7. The van der Waals surface area contributed by atoms with Crippen molar-refractivity contribution in [1.29, 1.82) is 0 Å². The van der Waals surface area contributed by atoms with Crippen molar-refractivity contribution in [1.82, 2.24) is 19.9 Å². The number of aromatic nitrogens is 3. The molecule has 1 saturated heterocycles. The second-order valence-corrected chi connectivity index (χ2v) is 7.65. The van der Waals surface area contributed by atoms with Crippen LogP contribution >= 0.6 is 0 Å². The van der Waals surface area contributed by atoms with E-state index in [0.29, 0.717) is 23.3 Å². The van der Waals surface area contributed by atoms with Crippen LogP contribution in [0.1, 0.15) is 12.8 Å². The highest BCUT2D eigenvalue weighted by atomic mass is 16.5. The van der Waals surface area contributed by atoms with Gasteiger partial charge < -0.3 is 20.7 Å². The van der Waals surface area contributed by atoms with E-state index in [1.165, 1.54) is 12.4 Å². The lowest BCUT2D eigenvalue weighted by Gasteiger charge is -2.31. The predicted octanol–water partition coefficient (Wildman–Crippen LogP) is 3.75. The number of likely N-dealkylation sites (tertiary alicyclic amines) is 1. The third kappa shape index (κ3) is 5.03. The molecule has 3 heterocycles. The number of rotatable bonds is 7. The number of benzene rings is 1. The number of amides is 1. The number of ether oxygens (including phenoxy) is 1. The molecular weight excluding hydrogens is 404 g/mol. The van der Waals surface area contributed by atoms with E-state index in [4.69, 9.17) is 10.5 Å². The smallest absolute Gasteiger partial charge is 0.245 e. The van der Waals surface area contributed by atoms with Crippen LogP contribution in [0.2, 0.25) is 0 Å². The van der Waals surface area contributed by atoms with Gasteiger partial charge in [-0.15, -0.1) is 0 Å². The summed E-state index contributed by atoms with van der Waals surface area (Å²) in [5.74, 6) is 2.99. The highest BCUT2D eigenvalue weighted by Crippen LogP contribution is 2.33. The van der Waals surface area contributed by atoms with Crippen molar-refractivity contribution in [3.05, 3.63) is 67.8 Å². The molecular formula is C24H26N6O2. The van der Waals surface area contributed by atoms with Crippen LogP contribution in [0.25, 0.3) is 11.1 Å². The van der Waals surface area contributed by atoms with Crippen LogP contribution in [0.5, 0.6) is 11.5 Å². The van der Waals surface area contributed by atoms with E-state index in [1.54, 1.807) is 24.5 Å². The van der Waals surface area contributed by atoms with Crippen molar-refractivity contribution in [3.8, 4) is 22.6 Å². The highest BCUT2D eigenvalue weighted by Gasteiger charge is 2.22. The highest BCUT2D eigenvalue weighted by molar-refractivity contribution is 5.87. The lowest BCUT2D eigenvalue weighted by Crippen LogP contribution is -2.39. The summed E-state index contributed by atoms with van der Waals surface area (Å²) in [6, 6.07) is 11.3. The van der Waals surface area contributed by atoms with Gasteiger partial charge in [-0.05, 0) is 54.7 Å². The summed E-state index contributed by atoms with van der Waals surface area (Å²) in [4.78, 5) is 26.2. The van der Waals surface area contributed by atoms with Crippen molar-refractivity contribution in [2.24, 2.45) is 5.92 Å². The Labute approximate surface area is 187 Å². The molecule has 8 heteroatoms. The zero-order valence-corrected chi connectivity index (χ0v) is 17.8. The fourth-order valence-corrected chi connectivity index (χ4v) is 3.78. The summed E-state index contributed by atoms with van der Waals surface area (Å²) in [5, 5.41) is 3.44. The molecule has 3 aromatic rings. The van der Waals surface area contributed by atoms with Crippen molar-refractivity contribution >= 4 is 17.5 Å². The Hall–Kier alpha value is -3.94. The topological polar surface area (TPSA) is 106 Å². The molecule has 0 radical (unpaired) electrons. The normalized spacial score (nSPS) is 14.1. The molecule has 0 spiro atoms. The Morgan fingerprint density at radius 2 is 1.81 bits per heavy atom. The summed E-state index contributed by atoms with van der Waals surface area (Å²) in [6.07, 6.45) is 8.08. The van der Waals surface area contributed by atoms with Crippen molar-refractivity contribution in [3.63, 3.8) is 0 Å². The Bertz CT molecular complexity index is 1060. The number of nitrogens with two attached hydrogens (primary N) is 1. The zero-order chi connectivity index (χ0) is 22.3. The van der Waals surface area contributed by atoms with Gasteiger partial charge in [-0.3, -0.25) is 9.78 Å². The fourth-order valence-electron chi connectivity index (χ4n) is 3.78. The molecule has 1 aliphatic rings. The van der Waals surface area contributed by atoms with Crippen LogP contribution in [0.15, 0.2) is 67.8 Å². The average molecular weight is 431 g/mol. The second-order valence-electron chi connectivity index (χ2n) is 7.65. The average Bonchev–Trinajstić information content (AvgIpc) is 2.84. The third-order valence-electron chi connectivity index (χ3n) is 5.56. The summed E-state index contributed by atoms with van der Waals surface area (Å²) in [5.41, 5.74) is 7.88. The Morgan fingerprint density at radius 1 is 1.12 bits per heavy atom. The van der Waals surface area contributed by atoms with E-state index in [-0.39, 0.29) is 5.91 Å². The lowest BCUT2D eigenvalue weighted by atomic mass is 9.96. The van der Waals surface area contributed by atoms with E-state index in [2.05, 4.69) is 26.8 Å². The summed E-state index contributed by atoms with van der Waals surface area (Å²) < 4.78 is 5.84. The lowest BCUT2D eigenvalue weighted by molar-refractivity contribution is -0.127. The minimum absolute atomic E-state index is 0.00127. The van der Waals surface area contributed by atoms with E-state index in [9.17, 15) is 4.79 Å². The molecule has 164 valence electrons. The Balaban J connectivity index is 1.43. The van der Waals surface area contributed by atoms with Crippen LogP contribution in [0.4, 0.5) is 11.6 Å². The predicted molar refractivity (Wildman–Crippen MR) is 124 cm³/mol. The van der Waals surface area contributed by atoms with Gasteiger partial charge in [0.1, 0.15) is 29.5 Å². The van der Waals surface area contributed by atoms with Gasteiger partial charge in [-0.2, -0.15) is 0 Å². The zero-order valence-electron chi connectivity index (χ0n) is 17.8. The number of carbonyl (C=O) groups excluding carboxylic acids is 1. The molecule has 2 aromatic heterocycles. The molecule has 0 aliphatic carbocycles. The van der Waals surface area contributed by atoms with Crippen molar-refractivity contribution in [2.75, 3.05) is 30.7 Å². The van der Waals surface area contributed by atoms with Gasteiger partial charge in [-0.1, -0.05) is 18.7 Å². The number of nitrogens with one attached hydrogen (secondary N) is 1.